The molecule has 1 fully saturated rings. The van der Waals surface area contributed by atoms with Gasteiger partial charge < -0.3 is 9.64 Å². The normalized spacial score (nSPS) is 15.9. The molecule has 0 spiro atoms. The molecule has 140 valence electrons. The zero-order valence-corrected chi connectivity index (χ0v) is 16.9. The number of sulfonamides is 1. The van der Waals surface area contributed by atoms with Crippen LogP contribution < -0.4 is 9.64 Å². The van der Waals surface area contributed by atoms with Crippen LogP contribution in [0, 0.1) is 6.92 Å². The van der Waals surface area contributed by atoms with Crippen LogP contribution in [0.1, 0.15) is 5.56 Å². The highest BCUT2D eigenvalue weighted by molar-refractivity contribution is 7.89. The number of nitrogens with zero attached hydrogens (tertiary/aromatic N) is 2. The van der Waals surface area contributed by atoms with Crippen molar-refractivity contribution in [2.24, 2.45) is 0 Å². The summed E-state index contributed by atoms with van der Waals surface area (Å²) in [6.07, 6.45) is 0. The highest BCUT2D eigenvalue weighted by Crippen LogP contribution is 2.33. The van der Waals surface area contributed by atoms with E-state index in [1.54, 1.807) is 20.1 Å². The Labute approximate surface area is 164 Å². The standard InChI is InChI=1S/C18H20Cl2N2O3S/c1-13-14(19)7-8-17(18(13)20)26(23,24)22-11-9-21(10-12-22)15-5-3-4-6-16(15)25-2/h3-8H,9-12H2,1-2H3. The molecule has 0 radical (unpaired) electrons. The van der Waals surface area contributed by atoms with E-state index in [1.165, 1.54) is 10.4 Å². The number of hydrogen-bond acceptors (Lipinski definition) is 4. The van der Waals surface area contributed by atoms with Crippen molar-refractivity contribution in [3.05, 3.63) is 52.0 Å². The molecule has 0 aliphatic carbocycles. The molecule has 0 aromatic heterocycles. The summed E-state index contributed by atoms with van der Waals surface area (Å²) >= 11 is 12.3. The van der Waals surface area contributed by atoms with Crippen molar-refractivity contribution in [3.63, 3.8) is 0 Å². The first-order chi connectivity index (χ1) is 12.4. The van der Waals surface area contributed by atoms with Crippen LogP contribution in [0.25, 0.3) is 0 Å². The lowest BCUT2D eigenvalue weighted by Crippen LogP contribution is -2.48. The minimum Gasteiger partial charge on any atom is -0.495 e. The topological polar surface area (TPSA) is 49.9 Å². The van der Waals surface area contributed by atoms with E-state index in [9.17, 15) is 8.42 Å². The van der Waals surface area contributed by atoms with Gasteiger partial charge in [0.25, 0.3) is 0 Å². The monoisotopic (exact) mass is 414 g/mol. The second-order valence-electron chi connectivity index (χ2n) is 6.05. The molecule has 1 heterocycles. The van der Waals surface area contributed by atoms with E-state index in [0.717, 1.165) is 11.4 Å². The van der Waals surface area contributed by atoms with Crippen molar-refractivity contribution < 1.29 is 13.2 Å². The van der Waals surface area contributed by atoms with Gasteiger partial charge in [0.05, 0.1) is 17.8 Å². The largest absolute Gasteiger partial charge is 0.495 e. The number of methoxy groups -OCH3 is 1. The van der Waals surface area contributed by atoms with Gasteiger partial charge in [0.2, 0.25) is 10.0 Å². The molecule has 0 amide bonds. The van der Waals surface area contributed by atoms with Crippen LogP contribution >= 0.6 is 23.2 Å². The predicted octanol–water partition coefficient (Wildman–Crippen LogP) is 3.82. The van der Waals surface area contributed by atoms with Crippen LogP contribution in [0.15, 0.2) is 41.3 Å². The summed E-state index contributed by atoms with van der Waals surface area (Å²) in [5.41, 5.74) is 1.54. The molecule has 1 aliphatic rings. The van der Waals surface area contributed by atoms with Gasteiger partial charge in [-0.3, -0.25) is 0 Å². The van der Waals surface area contributed by atoms with Gasteiger partial charge in [-0.05, 0) is 36.8 Å². The Hall–Kier alpha value is -1.47. The smallest absolute Gasteiger partial charge is 0.244 e. The molecule has 0 saturated carbocycles. The molecule has 2 aromatic rings. The zero-order valence-electron chi connectivity index (χ0n) is 14.6. The van der Waals surface area contributed by atoms with E-state index in [4.69, 9.17) is 27.9 Å². The molecule has 2 aromatic carbocycles. The summed E-state index contributed by atoms with van der Waals surface area (Å²) in [6.45, 7) is 3.60. The van der Waals surface area contributed by atoms with E-state index in [1.807, 2.05) is 24.3 Å². The number of hydrogen-bond donors (Lipinski definition) is 0. The molecule has 0 atom stereocenters. The Bertz CT molecular complexity index is 911. The Morgan fingerprint density at radius 3 is 2.31 bits per heavy atom. The quantitative estimate of drug-likeness (QED) is 0.762. The van der Waals surface area contributed by atoms with Crippen LogP contribution in [0.3, 0.4) is 0 Å². The highest BCUT2D eigenvalue weighted by Gasteiger charge is 2.31. The molecule has 0 N–H and O–H groups in total. The van der Waals surface area contributed by atoms with Crippen LogP contribution in [0.5, 0.6) is 5.75 Å². The number of para-hydroxylation sites is 2. The summed E-state index contributed by atoms with van der Waals surface area (Å²) in [7, 11) is -2.04. The van der Waals surface area contributed by atoms with Crippen molar-refractivity contribution in [1.82, 2.24) is 4.31 Å². The fourth-order valence-corrected chi connectivity index (χ4v) is 5.24. The Kier molecular flexibility index (Phi) is 5.67. The first-order valence-electron chi connectivity index (χ1n) is 8.19. The van der Waals surface area contributed by atoms with Crippen molar-refractivity contribution in [3.8, 4) is 5.75 Å². The fourth-order valence-electron chi connectivity index (χ4n) is 3.04. The molecular weight excluding hydrogens is 395 g/mol. The van der Waals surface area contributed by atoms with Gasteiger partial charge in [-0.15, -0.1) is 0 Å². The van der Waals surface area contributed by atoms with E-state index in [-0.39, 0.29) is 9.92 Å². The van der Waals surface area contributed by atoms with E-state index < -0.39 is 10.0 Å². The average Bonchev–Trinajstić information content (AvgIpc) is 2.66. The molecule has 1 saturated heterocycles. The molecule has 8 heteroatoms. The van der Waals surface area contributed by atoms with Gasteiger partial charge >= 0.3 is 0 Å². The summed E-state index contributed by atoms with van der Waals surface area (Å²) in [6, 6.07) is 10.8. The lowest BCUT2D eigenvalue weighted by atomic mass is 10.2. The van der Waals surface area contributed by atoms with Crippen LogP contribution in [0.4, 0.5) is 5.69 Å². The maximum Gasteiger partial charge on any atom is 0.244 e. The van der Waals surface area contributed by atoms with Crippen LogP contribution in [0.2, 0.25) is 10.0 Å². The lowest BCUT2D eigenvalue weighted by Gasteiger charge is -2.36. The van der Waals surface area contributed by atoms with Crippen molar-refractivity contribution in [2.75, 3.05) is 38.2 Å². The number of anilines is 1. The first kappa shape index (κ1) is 19.3. The zero-order chi connectivity index (χ0) is 18.9. The van der Waals surface area contributed by atoms with Gasteiger partial charge in [0, 0.05) is 31.2 Å². The van der Waals surface area contributed by atoms with Crippen molar-refractivity contribution in [2.45, 2.75) is 11.8 Å². The third-order valence-corrected chi connectivity index (χ3v) is 7.52. The number of halogens is 2. The Morgan fingerprint density at radius 1 is 1.00 bits per heavy atom. The van der Waals surface area contributed by atoms with Crippen molar-refractivity contribution in [1.29, 1.82) is 0 Å². The third kappa shape index (κ3) is 3.51. The SMILES string of the molecule is COc1ccccc1N1CCN(S(=O)(=O)c2ccc(Cl)c(C)c2Cl)CC1. The lowest BCUT2D eigenvalue weighted by molar-refractivity contribution is 0.378. The molecule has 1 aliphatic heterocycles. The second-order valence-corrected chi connectivity index (χ2v) is 8.74. The first-order valence-corrected chi connectivity index (χ1v) is 10.4. The number of benzene rings is 2. The third-order valence-electron chi connectivity index (χ3n) is 4.57. The van der Waals surface area contributed by atoms with Gasteiger partial charge in [-0.25, -0.2) is 8.42 Å². The van der Waals surface area contributed by atoms with Crippen LogP contribution in [-0.2, 0) is 10.0 Å². The molecule has 26 heavy (non-hydrogen) atoms. The number of piperazine rings is 1. The number of rotatable bonds is 4. The summed E-state index contributed by atoms with van der Waals surface area (Å²) in [4.78, 5) is 2.23. The highest BCUT2D eigenvalue weighted by atomic mass is 35.5. The average molecular weight is 415 g/mol. The predicted molar refractivity (Wildman–Crippen MR) is 105 cm³/mol. The van der Waals surface area contributed by atoms with E-state index >= 15 is 0 Å². The summed E-state index contributed by atoms with van der Waals surface area (Å²) in [5.74, 6) is 0.778. The summed E-state index contributed by atoms with van der Waals surface area (Å²) < 4.78 is 32.9. The molecule has 5 nitrogen and oxygen atoms in total. The van der Waals surface area contributed by atoms with Gasteiger partial charge in [-0.1, -0.05) is 35.3 Å². The fraction of sp³-hybridized carbons (Fsp3) is 0.333. The van der Waals surface area contributed by atoms with E-state index in [0.29, 0.717) is 36.8 Å². The minimum atomic E-state index is -3.67. The Morgan fingerprint density at radius 2 is 1.65 bits per heavy atom. The molecule has 0 bridgehead atoms. The van der Waals surface area contributed by atoms with Gasteiger partial charge in [-0.2, -0.15) is 4.31 Å². The Balaban J connectivity index is 1.80. The molecule has 3 rings (SSSR count). The van der Waals surface area contributed by atoms with Crippen LogP contribution in [-0.4, -0.2) is 46.0 Å². The number of ether oxygens (including phenoxy) is 1. The van der Waals surface area contributed by atoms with Gasteiger partial charge in [0.15, 0.2) is 0 Å². The maximum atomic E-state index is 13.0. The molecular formula is C18H20Cl2N2O3S. The van der Waals surface area contributed by atoms with Crippen molar-refractivity contribution >= 4 is 38.9 Å². The maximum absolute atomic E-state index is 13.0. The second kappa shape index (κ2) is 7.64. The minimum absolute atomic E-state index is 0.104. The van der Waals surface area contributed by atoms with E-state index in [2.05, 4.69) is 4.90 Å². The van der Waals surface area contributed by atoms with Gasteiger partial charge in [0.1, 0.15) is 10.6 Å². The molecule has 0 unspecified atom stereocenters. The summed E-state index contributed by atoms with van der Waals surface area (Å²) in [5, 5.41) is 0.639.